The maximum absolute atomic E-state index is 13.5. The van der Waals surface area contributed by atoms with E-state index >= 15 is 0 Å². The van der Waals surface area contributed by atoms with Crippen molar-refractivity contribution >= 4 is 13.6 Å². The summed E-state index contributed by atoms with van der Waals surface area (Å²) in [6.45, 7) is 10.3. The van der Waals surface area contributed by atoms with Crippen LogP contribution < -0.4 is 0 Å². The van der Waals surface area contributed by atoms with Gasteiger partial charge in [-0.2, -0.15) is 0 Å². The highest BCUT2D eigenvalue weighted by Gasteiger charge is 2.46. The van der Waals surface area contributed by atoms with Crippen LogP contribution in [-0.2, 0) is 4.57 Å². The molecule has 1 unspecified atom stereocenters. The molecule has 3 heteroatoms. The van der Waals surface area contributed by atoms with Crippen LogP contribution in [0.2, 0.25) is 0 Å². The van der Waals surface area contributed by atoms with Crippen LogP contribution in [0.25, 0.3) is 0 Å². The molecule has 1 aromatic rings. The number of Topliss-reactive ketones (excluding diaryl/α,β-unsaturated/α-hetero) is 1. The van der Waals surface area contributed by atoms with Gasteiger partial charge in [0, 0.05) is 11.7 Å². The molecule has 1 atom stereocenters. The Morgan fingerprint density at radius 2 is 1.61 bits per heavy atom. The lowest BCUT2D eigenvalue weighted by Gasteiger charge is -2.36. The Hall–Kier alpha value is -1.01. The summed E-state index contributed by atoms with van der Waals surface area (Å²) in [5, 5.41) is -0.622. The van der Waals surface area contributed by atoms with Crippen molar-refractivity contribution in [2.75, 3.05) is 6.16 Å². The summed E-state index contributed by atoms with van der Waals surface area (Å²) in [5.74, 6) is 0.513. The van der Waals surface area contributed by atoms with E-state index in [2.05, 4.69) is 32.9 Å². The molecule has 0 N–H and O–H groups in total. The van der Waals surface area contributed by atoms with Crippen molar-refractivity contribution in [3.63, 3.8) is 0 Å². The maximum Gasteiger partial charge on any atom is 0.180 e. The largest absolute Gasteiger partial charge is 0.293 e. The van der Waals surface area contributed by atoms with E-state index in [1.807, 2.05) is 13.8 Å². The summed E-state index contributed by atoms with van der Waals surface area (Å²) >= 11 is 0. The summed E-state index contributed by atoms with van der Waals surface area (Å²) in [6, 6.07) is 4.15. The first kappa shape index (κ1) is 18.3. The number of hydrogen-bond donors (Lipinski definition) is 0. The Morgan fingerprint density at radius 3 is 2.09 bits per heavy atom. The molecule has 1 aromatic carbocycles. The molecule has 23 heavy (non-hydrogen) atoms. The lowest BCUT2D eigenvalue weighted by atomic mass is 9.80. The number of ketones is 1. The fourth-order valence-corrected chi connectivity index (χ4v) is 6.17. The van der Waals surface area contributed by atoms with E-state index in [-0.39, 0.29) is 5.78 Å². The van der Waals surface area contributed by atoms with Gasteiger partial charge < -0.3 is 0 Å². The van der Waals surface area contributed by atoms with Gasteiger partial charge in [0.2, 0.25) is 0 Å². The zero-order valence-corrected chi connectivity index (χ0v) is 16.1. The number of rotatable bonds is 5. The van der Waals surface area contributed by atoms with Gasteiger partial charge in [-0.25, -0.2) is 0 Å². The lowest BCUT2D eigenvalue weighted by Crippen LogP contribution is -2.39. The van der Waals surface area contributed by atoms with Crippen molar-refractivity contribution in [1.82, 2.24) is 0 Å². The van der Waals surface area contributed by atoms with E-state index in [4.69, 9.17) is 0 Å². The molecule has 1 fully saturated rings. The van der Waals surface area contributed by atoms with Gasteiger partial charge in [0.1, 0.15) is 5.16 Å². The average Bonchev–Trinajstić information content (AvgIpc) is 2.46. The van der Waals surface area contributed by atoms with Gasteiger partial charge in [-0.1, -0.05) is 50.8 Å². The minimum Gasteiger partial charge on any atom is -0.293 e. The van der Waals surface area contributed by atoms with Crippen LogP contribution in [-0.4, -0.2) is 17.1 Å². The zero-order chi connectivity index (χ0) is 17.2. The molecule has 1 saturated carbocycles. The second-order valence-corrected chi connectivity index (χ2v) is 9.63. The molecule has 2 rings (SSSR count). The van der Waals surface area contributed by atoms with Gasteiger partial charge in [-0.15, -0.1) is 0 Å². The fraction of sp³-hybridized carbons (Fsp3) is 0.650. The topological polar surface area (TPSA) is 34.1 Å². The SMILES string of the molecule is Cc1cc(C)c(C(=O)C2([P](=O)CC(C)C)CCCCC2)c(C)c1. The molecule has 0 amide bonds. The van der Waals surface area contributed by atoms with Crippen LogP contribution >= 0.6 is 7.80 Å². The summed E-state index contributed by atoms with van der Waals surface area (Å²) in [7, 11) is -1.52. The first-order valence-electron chi connectivity index (χ1n) is 8.85. The van der Waals surface area contributed by atoms with Crippen molar-refractivity contribution in [1.29, 1.82) is 0 Å². The highest BCUT2D eigenvalue weighted by Crippen LogP contribution is 2.52. The first-order valence-corrected chi connectivity index (χ1v) is 10.3. The highest BCUT2D eigenvalue weighted by molar-refractivity contribution is 7.48. The first-order chi connectivity index (χ1) is 10.8. The van der Waals surface area contributed by atoms with Gasteiger partial charge >= 0.3 is 0 Å². The molecule has 1 radical (unpaired) electrons. The van der Waals surface area contributed by atoms with Crippen LogP contribution in [0.1, 0.15) is 73.0 Å². The molecule has 0 aliphatic heterocycles. The van der Waals surface area contributed by atoms with Crippen molar-refractivity contribution in [3.8, 4) is 0 Å². The molecule has 0 heterocycles. The minimum absolute atomic E-state index is 0.147. The monoisotopic (exact) mass is 333 g/mol. The number of aryl methyl sites for hydroxylation is 3. The van der Waals surface area contributed by atoms with Gasteiger partial charge in [0.15, 0.2) is 5.78 Å². The van der Waals surface area contributed by atoms with Crippen LogP contribution in [0.5, 0.6) is 0 Å². The van der Waals surface area contributed by atoms with Gasteiger partial charge in [0.05, 0.1) is 7.80 Å². The summed E-state index contributed by atoms with van der Waals surface area (Å²) in [4.78, 5) is 13.5. The molecule has 0 spiro atoms. The molecule has 0 saturated heterocycles. The predicted molar refractivity (Wildman–Crippen MR) is 98.1 cm³/mol. The third-order valence-corrected chi connectivity index (χ3v) is 7.68. The molecule has 0 aromatic heterocycles. The van der Waals surface area contributed by atoms with Crippen LogP contribution in [0.15, 0.2) is 12.1 Å². The molecule has 0 bridgehead atoms. The summed E-state index contributed by atoms with van der Waals surface area (Å²) in [6.07, 6.45) is 5.45. The third kappa shape index (κ3) is 3.74. The zero-order valence-electron chi connectivity index (χ0n) is 15.2. The smallest absolute Gasteiger partial charge is 0.180 e. The van der Waals surface area contributed by atoms with E-state index in [9.17, 15) is 9.36 Å². The Bertz CT molecular complexity index is 587. The van der Waals surface area contributed by atoms with Crippen molar-refractivity contribution in [2.24, 2.45) is 5.92 Å². The van der Waals surface area contributed by atoms with Crippen molar-refractivity contribution in [3.05, 3.63) is 34.4 Å². The standard InChI is InChI=1S/C20H30O2P/c1-14(2)13-23(22)20(9-7-6-8-10-20)19(21)18-16(4)11-15(3)12-17(18)5/h11-12,14H,6-10,13H2,1-5H3. The summed E-state index contributed by atoms with van der Waals surface area (Å²) in [5.41, 5.74) is 4.07. The van der Waals surface area contributed by atoms with E-state index in [0.29, 0.717) is 12.1 Å². The van der Waals surface area contributed by atoms with Gasteiger partial charge in [-0.05, 0) is 50.7 Å². The highest BCUT2D eigenvalue weighted by atomic mass is 31.1. The molecule has 127 valence electrons. The van der Waals surface area contributed by atoms with Gasteiger partial charge in [-0.3, -0.25) is 9.36 Å². The van der Waals surface area contributed by atoms with E-state index in [0.717, 1.165) is 48.8 Å². The average molecular weight is 333 g/mol. The number of hydrogen-bond acceptors (Lipinski definition) is 2. The van der Waals surface area contributed by atoms with Crippen LogP contribution in [0.4, 0.5) is 0 Å². The second kappa shape index (κ2) is 7.26. The summed E-state index contributed by atoms with van der Waals surface area (Å²) < 4.78 is 13.2. The van der Waals surface area contributed by atoms with E-state index in [1.54, 1.807) is 0 Å². The second-order valence-electron chi connectivity index (χ2n) is 7.65. The lowest BCUT2D eigenvalue weighted by molar-refractivity contribution is 0.0911. The van der Waals surface area contributed by atoms with Crippen LogP contribution in [0.3, 0.4) is 0 Å². The Morgan fingerprint density at radius 1 is 1.09 bits per heavy atom. The molecule has 2 nitrogen and oxygen atoms in total. The number of carbonyl (C=O) groups is 1. The number of carbonyl (C=O) groups excluding carboxylic acids is 1. The molecular weight excluding hydrogens is 303 g/mol. The number of benzene rings is 1. The predicted octanol–water partition coefficient (Wildman–Crippen LogP) is 5.98. The Balaban J connectivity index is 2.48. The van der Waals surface area contributed by atoms with Gasteiger partial charge in [0.25, 0.3) is 0 Å². The minimum atomic E-state index is -1.52. The molecule has 1 aliphatic carbocycles. The maximum atomic E-state index is 13.5. The Labute approximate surface area is 141 Å². The van der Waals surface area contributed by atoms with Crippen LogP contribution in [0, 0.1) is 26.7 Å². The van der Waals surface area contributed by atoms with E-state index in [1.165, 1.54) is 5.56 Å². The third-order valence-electron chi connectivity index (χ3n) is 5.02. The normalized spacial score (nSPS) is 18.1. The van der Waals surface area contributed by atoms with E-state index < -0.39 is 13.0 Å². The van der Waals surface area contributed by atoms with Crippen molar-refractivity contribution in [2.45, 2.75) is 71.9 Å². The quantitative estimate of drug-likeness (QED) is 0.490. The Kier molecular flexibility index (Phi) is 5.79. The molecule has 1 aliphatic rings. The van der Waals surface area contributed by atoms with Crippen molar-refractivity contribution < 1.29 is 9.36 Å². The molecular formula is C20H30O2P. The fourth-order valence-electron chi connectivity index (χ4n) is 4.00.